The summed E-state index contributed by atoms with van der Waals surface area (Å²) in [6, 6.07) is 19.9. The van der Waals surface area contributed by atoms with Crippen molar-refractivity contribution in [1.29, 1.82) is 0 Å². The van der Waals surface area contributed by atoms with Gasteiger partial charge in [-0.25, -0.2) is 4.79 Å². The van der Waals surface area contributed by atoms with E-state index in [1.807, 2.05) is 36.4 Å². The Morgan fingerprint density at radius 2 is 1.50 bits per heavy atom. The number of ketones is 2. The van der Waals surface area contributed by atoms with Crippen LogP contribution in [0.2, 0.25) is 0 Å². The molecule has 192 valence electrons. The molecule has 3 aromatic rings. The number of fused-ring (bicyclic) bond motifs is 5. The molecule has 3 atom stereocenters. The van der Waals surface area contributed by atoms with Crippen LogP contribution in [-0.2, 0) is 9.53 Å². The van der Waals surface area contributed by atoms with E-state index in [2.05, 4.69) is 0 Å². The first-order valence-corrected chi connectivity index (χ1v) is 12.6. The van der Waals surface area contributed by atoms with Gasteiger partial charge in [-0.3, -0.25) is 14.6 Å². The monoisotopic (exact) mass is 508 g/mol. The van der Waals surface area contributed by atoms with Crippen LogP contribution in [0.5, 0.6) is 5.75 Å². The smallest absolute Gasteiger partial charge is 0.331 e. The Bertz CT molecular complexity index is 1470. The SMILES string of the molecule is COc1ccc(C2C(C(=O)OC(C)(C)C)N3N=Cc4ccccc4C3C23C(=O)c2ccccc2C3=O)cc1. The van der Waals surface area contributed by atoms with Crippen molar-refractivity contribution in [1.82, 2.24) is 5.01 Å². The maximum atomic E-state index is 14.6. The fourth-order valence-corrected chi connectivity index (χ4v) is 6.30. The number of rotatable bonds is 3. The largest absolute Gasteiger partial charge is 0.497 e. The van der Waals surface area contributed by atoms with Gasteiger partial charge in [0.05, 0.1) is 19.4 Å². The minimum atomic E-state index is -1.62. The lowest BCUT2D eigenvalue weighted by Gasteiger charge is -2.36. The van der Waals surface area contributed by atoms with Gasteiger partial charge in [-0.1, -0.05) is 60.7 Å². The van der Waals surface area contributed by atoms with Gasteiger partial charge in [0, 0.05) is 17.0 Å². The number of nitrogens with zero attached hydrogens (tertiary/aromatic N) is 2. The molecule has 1 fully saturated rings. The van der Waals surface area contributed by atoms with Crippen molar-refractivity contribution in [3.05, 3.63) is 101 Å². The first-order chi connectivity index (χ1) is 18.2. The zero-order valence-electron chi connectivity index (χ0n) is 21.7. The van der Waals surface area contributed by atoms with E-state index in [-0.39, 0.29) is 11.6 Å². The molecule has 1 saturated heterocycles. The van der Waals surface area contributed by atoms with Gasteiger partial charge in [-0.2, -0.15) is 5.10 Å². The molecule has 3 unspecified atom stereocenters. The van der Waals surface area contributed by atoms with Crippen LogP contribution in [0.1, 0.15) is 70.1 Å². The fraction of sp³-hybridized carbons (Fsp3) is 0.290. The topological polar surface area (TPSA) is 85.3 Å². The van der Waals surface area contributed by atoms with Crippen LogP contribution in [0.15, 0.2) is 77.9 Å². The summed E-state index contributed by atoms with van der Waals surface area (Å²) in [6.07, 6.45) is 1.68. The van der Waals surface area contributed by atoms with Gasteiger partial charge in [0.15, 0.2) is 17.6 Å². The molecular weight excluding hydrogens is 480 g/mol. The first-order valence-electron chi connectivity index (χ1n) is 12.6. The van der Waals surface area contributed by atoms with Gasteiger partial charge in [-0.15, -0.1) is 0 Å². The normalized spacial score (nSPS) is 22.7. The van der Waals surface area contributed by atoms with Crippen molar-refractivity contribution >= 4 is 23.8 Å². The Hall–Kier alpha value is -4.26. The third-order valence-electron chi connectivity index (χ3n) is 7.70. The molecule has 1 aliphatic carbocycles. The highest BCUT2D eigenvalue weighted by molar-refractivity contribution is 6.31. The number of Topliss-reactive ketones (excluding diaryl/α,β-unsaturated/α-hetero) is 2. The standard InChI is InChI=1S/C31H28N2O5/c1-30(2,3)38-29(36)25-24(18-13-15-20(37-4)16-14-18)31(27(34)22-11-7-8-12-23(22)28(31)35)26-21-10-6-5-9-19(21)17-32-33(25)26/h5-17,24-26H,1-4H3. The first kappa shape index (κ1) is 24.1. The molecule has 3 aromatic carbocycles. The van der Waals surface area contributed by atoms with Crippen molar-refractivity contribution in [3.63, 3.8) is 0 Å². The van der Waals surface area contributed by atoms with E-state index in [9.17, 15) is 14.4 Å². The maximum Gasteiger partial charge on any atom is 0.331 e. The van der Waals surface area contributed by atoms with Crippen LogP contribution in [0.3, 0.4) is 0 Å². The lowest BCUT2D eigenvalue weighted by atomic mass is 9.63. The molecule has 0 aromatic heterocycles. The number of esters is 1. The second-order valence-electron chi connectivity index (χ2n) is 11.0. The predicted molar refractivity (Wildman–Crippen MR) is 142 cm³/mol. The zero-order chi connectivity index (χ0) is 26.8. The average Bonchev–Trinajstić information content (AvgIpc) is 3.34. The quantitative estimate of drug-likeness (QED) is 0.367. The van der Waals surface area contributed by atoms with E-state index < -0.39 is 35.0 Å². The second kappa shape index (κ2) is 8.38. The molecular formula is C31H28N2O5. The Balaban J connectivity index is 1.66. The lowest BCUT2D eigenvalue weighted by molar-refractivity contribution is -0.161. The van der Waals surface area contributed by atoms with Gasteiger partial charge < -0.3 is 9.47 Å². The lowest BCUT2D eigenvalue weighted by Crippen LogP contribution is -2.44. The Kier molecular flexibility index (Phi) is 5.31. The zero-order valence-corrected chi connectivity index (χ0v) is 21.7. The number of hydrogen-bond donors (Lipinski definition) is 0. The van der Waals surface area contributed by atoms with Gasteiger partial charge >= 0.3 is 5.97 Å². The molecule has 38 heavy (non-hydrogen) atoms. The van der Waals surface area contributed by atoms with E-state index in [4.69, 9.17) is 14.6 Å². The fourth-order valence-electron chi connectivity index (χ4n) is 6.30. The molecule has 3 aliphatic rings. The van der Waals surface area contributed by atoms with Crippen LogP contribution in [0.4, 0.5) is 0 Å². The number of carbonyl (C=O) groups is 3. The molecule has 7 nitrogen and oxygen atoms in total. The van der Waals surface area contributed by atoms with Gasteiger partial charge in [0.2, 0.25) is 0 Å². The third-order valence-corrected chi connectivity index (χ3v) is 7.70. The maximum absolute atomic E-state index is 14.6. The molecule has 0 saturated carbocycles. The number of hydrogen-bond acceptors (Lipinski definition) is 7. The number of carbonyl (C=O) groups excluding carboxylic acids is 3. The molecule has 2 heterocycles. The third kappa shape index (κ3) is 3.27. The van der Waals surface area contributed by atoms with E-state index in [0.29, 0.717) is 22.4 Å². The van der Waals surface area contributed by atoms with Crippen LogP contribution in [0, 0.1) is 5.41 Å². The number of benzene rings is 3. The van der Waals surface area contributed by atoms with Crippen molar-refractivity contribution in [2.24, 2.45) is 10.5 Å². The van der Waals surface area contributed by atoms with Crippen LogP contribution in [-0.4, -0.2) is 47.5 Å². The van der Waals surface area contributed by atoms with E-state index >= 15 is 0 Å². The van der Waals surface area contributed by atoms with Gasteiger partial charge in [0.1, 0.15) is 16.8 Å². The van der Waals surface area contributed by atoms with Crippen LogP contribution in [0.25, 0.3) is 0 Å². The van der Waals surface area contributed by atoms with Crippen molar-refractivity contribution in [2.75, 3.05) is 7.11 Å². The molecule has 6 rings (SSSR count). The van der Waals surface area contributed by atoms with Gasteiger partial charge in [-0.05, 0) is 49.6 Å². The van der Waals surface area contributed by atoms with Crippen molar-refractivity contribution in [3.8, 4) is 5.75 Å². The Labute approximate surface area is 221 Å². The van der Waals surface area contributed by atoms with Crippen molar-refractivity contribution < 1.29 is 23.9 Å². The highest BCUT2D eigenvalue weighted by Gasteiger charge is 2.73. The van der Waals surface area contributed by atoms with Crippen LogP contribution >= 0.6 is 0 Å². The number of methoxy groups -OCH3 is 1. The van der Waals surface area contributed by atoms with Crippen LogP contribution < -0.4 is 4.74 Å². The summed E-state index contributed by atoms with van der Waals surface area (Å²) in [7, 11) is 1.57. The van der Waals surface area contributed by atoms with Gasteiger partial charge in [0.25, 0.3) is 0 Å². The molecule has 0 bridgehead atoms. The molecule has 7 heteroatoms. The summed E-state index contributed by atoms with van der Waals surface area (Å²) in [6.45, 7) is 5.39. The molecule has 0 amide bonds. The van der Waals surface area contributed by atoms with Crippen molar-refractivity contribution in [2.45, 2.75) is 44.4 Å². The average molecular weight is 509 g/mol. The number of hydrazone groups is 1. The van der Waals surface area contributed by atoms with E-state index in [0.717, 1.165) is 11.1 Å². The second-order valence-corrected chi connectivity index (χ2v) is 11.0. The molecule has 2 aliphatic heterocycles. The number of ether oxygens (including phenoxy) is 2. The summed E-state index contributed by atoms with van der Waals surface area (Å²) in [5.74, 6) is -1.36. The Morgan fingerprint density at radius 1 is 0.895 bits per heavy atom. The summed E-state index contributed by atoms with van der Waals surface area (Å²) in [5.41, 5.74) is 0.591. The summed E-state index contributed by atoms with van der Waals surface area (Å²) < 4.78 is 11.3. The summed E-state index contributed by atoms with van der Waals surface area (Å²) >= 11 is 0. The highest BCUT2D eigenvalue weighted by atomic mass is 16.6. The minimum absolute atomic E-state index is 0.299. The van der Waals surface area contributed by atoms with E-state index in [1.165, 1.54) is 0 Å². The van der Waals surface area contributed by atoms with E-state index in [1.54, 1.807) is 75.5 Å². The minimum Gasteiger partial charge on any atom is -0.497 e. The Morgan fingerprint density at radius 3 is 2.11 bits per heavy atom. The predicted octanol–water partition coefficient (Wildman–Crippen LogP) is 4.96. The molecule has 0 N–H and O–H groups in total. The molecule has 0 radical (unpaired) electrons. The molecule has 1 spiro atoms. The summed E-state index contributed by atoms with van der Waals surface area (Å²) in [4.78, 5) is 43.1. The highest BCUT2D eigenvalue weighted by Crippen LogP contribution is 2.64. The summed E-state index contributed by atoms with van der Waals surface area (Å²) in [5, 5.41) is 6.34.